The molecule has 8 heteroatoms. The summed E-state index contributed by atoms with van der Waals surface area (Å²) in [7, 11) is 0. The summed E-state index contributed by atoms with van der Waals surface area (Å²) in [5, 5.41) is 29.4. The van der Waals surface area contributed by atoms with Crippen molar-refractivity contribution < 1.29 is 39.0 Å². The monoisotopic (exact) mass is 320 g/mol. The average molecular weight is 320 g/mol. The summed E-state index contributed by atoms with van der Waals surface area (Å²) >= 11 is 0. The highest BCUT2D eigenvalue weighted by Gasteiger charge is 2.68. The van der Waals surface area contributed by atoms with Crippen LogP contribution in [0.25, 0.3) is 0 Å². The maximum absolute atomic E-state index is 10.4. The second-order valence-electron chi connectivity index (χ2n) is 6.91. The van der Waals surface area contributed by atoms with E-state index in [9.17, 15) is 10.2 Å². The van der Waals surface area contributed by atoms with Crippen LogP contribution in [0.3, 0.4) is 0 Å². The van der Waals surface area contributed by atoms with E-state index >= 15 is 0 Å². The van der Waals surface area contributed by atoms with E-state index in [4.69, 9.17) is 28.8 Å². The second-order valence-corrected chi connectivity index (χ2v) is 6.91. The summed E-state index contributed by atoms with van der Waals surface area (Å²) in [6, 6.07) is 0. The van der Waals surface area contributed by atoms with Gasteiger partial charge in [0.05, 0.1) is 13.2 Å². The van der Waals surface area contributed by atoms with Crippen LogP contribution >= 0.6 is 0 Å². The molecule has 0 saturated carbocycles. The molecule has 0 aromatic rings. The molecule has 3 aliphatic heterocycles. The predicted octanol–water partition coefficient (Wildman–Crippen LogP) is -0.901. The van der Waals surface area contributed by atoms with Crippen LogP contribution in [-0.4, -0.2) is 76.4 Å². The van der Waals surface area contributed by atoms with Crippen LogP contribution in [0.1, 0.15) is 27.7 Å². The molecular formula is C14H24O8. The summed E-state index contributed by atoms with van der Waals surface area (Å²) in [6.07, 6.45) is -4.57. The fourth-order valence-corrected chi connectivity index (χ4v) is 3.40. The lowest BCUT2D eigenvalue weighted by molar-refractivity contribution is -0.330. The Balaban J connectivity index is 1.94. The minimum Gasteiger partial charge on any atom is -0.394 e. The summed E-state index contributed by atoms with van der Waals surface area (Å²) in [6.45, 7) is 6.44. The van der Waals surface area contributed by atoms with E-state index in [1.54, 1.807) is 27.7 Å². The summed E-state index contributed by atoms with van der Waals surface area (Å²) < 4.78 is 29.1. The van der Waals surface area contributed by atoms with E-state index < -0.39 is 48.4 Å². The highest BCUT2D eigenvalue weighted by Crippen LogP contribution is 2.49. The zero-order chi connectivity index (χ0) is 16.3. The average Bonchev–Trinajstić information content (AvgIpc) is 2.88. The molecule has 3 heterocycles. The van der Waals surface area contributed by atoms with Crippen molar-refractivity contribution in [2.24, 2.45) is 0 Å². The van der Waals surface area contributed by atoms with Crippen molar-refractivity contribution in [3.63, 3.8) is 0 Å². The highest BCUT2D eigenvalue weighted by molar-refractivity contribution is 5.07. The van der Waals surface area contributed by atoms with Gasteiger partial charge < -0.3 is 39.0 Å². The van der Waals surface area contributed by atoms with E-state index in [0.717, 1.165) is 0 Å². The number of hydrogen-bond acceptors (Lipinski definition) is 8. The second kappa shape index (κ2) is 5.09. The maximum atomic E-state index is 10.4. The van der Waals surface area contributed by atoms with Crippen LogP contribution in [0.15, 0.2) is 0 Å². The van der Waals surface area contributed by atoms with E-state index in [-0.39, 0.29) is 12.7 Å². The van der Waals surface area contributed by atoms with Crippen LogP contribution in [0.5, 0.6) is 0 Å². The standard InChI is InChI=1S/C14H24O8/c1-12(2)19-8-6-18-14(10(17)7(16)5-15)11(9(8)20-12)21-13(3,4)22-14/h7-11,15-17H,5-6H2,1-4H3/t7-,8+,9+,10-,11-,14-/m0/s1. The van der Waals surface area contributed by atoms with Gasteiger partial charge in [-0.1, -0.05) is 0 Å². The number of fused-ring (bicyclic) bond motifs is 3. The molecule has 0 amide bonds. The van der Waals surface area contributed by atoms with Crippen LogP contribution in [0, 0.1) is 0 Å². The molecular weight excluding hydrogens is 296 g/mol. The molecule has 128 valence electrons. The number of ether oxygens (including phenoxy) is 5. The van der Waals surface area contributed by atoms with E-state index in [1.807, 2.05) is 0 Å². The quantitative estimate of drug-likeness (QED) is 0.614. The molecule has 0 aromatic heterocycles. The lowest BCUT2D eigenvalue weighted by Gasteiger charge is -2.44. The third-order valence-electron chi connectivity index (χ3n) is 4.17. The molecule has 0 bridgehead atoms. The molecule has 3 rings (SSSR count). The van der Waals surface area contributed by atoms with Crippen LogP contribution in [0.4, 0.5) is 0 Å². The zero-order valence-electron chi connectivity index (χ0n) is 13.2. The van der Waals surface area contributed by atoms with Crippen molar-refractivity contribution in [3.05, 3.63) is 0 Å². The minimum atomic E-state index is -1.61. The molecule has 3 saturated heterocycles. The van der Waals surface area contributed by atoms with Gasteiger partial charge in [-0.05, 0) is 27.7 Å². The van der Waals surface area contributed by atoms with E-state index in [1.165, 1.54) is 0 Å². The van der Waals surface area contributed by atoms with Crippen molar-refractivity contribution >= 4 is 0 Å². The van der Waals surface area contributed by atoms with Gasteiger partial charge in [0.2, 0.25) is 5.79 Å². The number of aliphatic hydroxyl groups is 3. The third-order valence-corrected chi connectivity index (χ3v) is 4.17. The van der Waals surface area contributed by atoms with E-state index in [2.05, 4.69) is 0 Å². The molecule has 0 unspecified atom stereocenters. The van der Waals surface area contributed by atoms with Gasteiger partial charge in [0.25, 0.3) is 0 Å². The van der Waals surface area contributed by atoms with Gasteiger partial charge in [0, 0.05) is 0 Å². The largest absolute Gasteiger partial charge is 0.394 e. The first-order valence-corrected chi connectivity index (χ1v) is 7.45. The normalized spacial score (nSPS) is 45.1. The molecule has 3 aliphatic rings. The molecule has 0 aromatic carbocycles. The Morgan fingerprint density at radius 1 is 1.05 bits per heavy atom. The SMILES string of the molecule is CC1(C)O[C@@H]2[C@@H](CO[C@@]3([C@@H](O)[C@@H](O)CO)OC(C)(C)O[C@@H]23)O1. The Bertz CT molecular complexity index is 439. The van der Waals surface area contributed by atoms with Gasteiger partial charge >= 0.3 is 0 Å². The molecule has 0 spiro atoms. The molecule has 22 heavy (non-hydrogen) atoms. The number of rotatable bonds is 3. The zero-order valence-corrected chi connectivity index (χ0v) is 13.2. The molecule has 0 radical (unpaired) electrons. The maximum Gasteiger partial charge on any atom is 0.229 e. The van der Waals surface area contributed by atoms with E-state index in [0.29, 0.717) is 0 Å². The lowest BCUT2D eigenvalue weighted by atomic mass is 9.90. The third kappa shape index (κ3) is 2.47. The van der Waals surface area contributed by atoms with Crippen molar-refractivity contribution in [2.75, 3.05) is 13.2 Å². The fourth-order valence-electron chi connectivity index (χ4n) is 3.40. The van der Waals surface area contributed by atoms with Crippen molar-refractivity contribution in [3.8, 4) is 0 Å². The van der Waals surface area contributed by atoms with Crippen LogP contribution < -0.4 is 0 Å². The number of aliphatic hydroxyl groups excluding tert-OH is 3. The van der Waals surface area contributed by atoms with Crippen LogP contribution in [-0.2, 0) is 23.7 Å². The first-order valence-electron chi connectivity index (χ1n) is 7.45. The number of hydrogen-bond donors (Lipinski definition) is 3. The molecule has 3 fully saturated rings. The van der Waals surface area contributed by atoms with Gasteiger partial charge in [0.1, 0.15) is 30.5 Å². The summed E-state index contributed by atoms with van der Waals surface area (Å²) in [4.78, 5) is 0. The first kappa shape index (κ1) is 16.5. The van der Waals surface area contributed by atoms with Crippen molar-refractivity contribution in [1.29, 1.82) is 0 Å². The van der Waals surface area contributed by atoms with Crippen molar-refractivity contribution in [2.45, 2.75) is 75.6 Å². The Labute approximate surface area is 128 Å². The first-order chi connectivity index (χ1) is 10.1. The highest BCUT2D eigenvalue weighted by atomic mass is 16.9. The fraction of sp³-hybridized carbons (Fsp3) is 1.00. The van der Waals surface area contributed by atoms with Gasteiger partial charge in [-0.25, -0.2) is 0 Å². The Morgan fingerprint density at radius 3 is 2.36 bits per heavy atom. The Hall–Kier alpha value is -0.320. The molecule has 6 atom stereocenters. The Morgan fingerprint density at radius 2 is 1.73 bits per heavy atom. The molecule has 0 aliphatic carbocycles. The summed E-state index contributed by atoms with van der Waals surface area (Å²) in [5.74, 6) is -3.45. The van der Waals surface area contributed by atoms with Crippen LogP contribution in [0.2, 0.25) is 0 Å². The van der Waals surface area contributed by atoms with Gasteiger partial charge in [-0.15, -0.1) is 0 Å². The van der Waals surface area contributed by atoms with Gasteiger partial charge in [0.15, 0.2) is 11.6 Å². The minimum absolute atomic E-state index is 0.124. The van der Waals surface area contributed by atoms with Gasteiger partial charge in [-0.3, -0.25) is 0 Å². The van der Waals surface area contributed by atoms with Crippen molar-refractivity contribution in [1.82, 2.24) is 0 Å². The molecule has 8 nitrogen and oxygen atoms in total. The summed E-state index contributed by atoms with van der Waals surface area (Å²) in [5.41, 5.74) is 0. The topological polar surface area (TPSA) is 107 Å². The smallest absolute Gasteiger partial charge is 0.229 e. The van der Waals surface area contributed by atoms with Gasteiger partial charge in [-0.2, -0.15) is 0 Å². The predicted molar refractivity (Wildman–Crippen MR) is 71.6 cm³/mol. The Kier molecular flexibility index (Phi) is 3.82. The lowest BCUT2D eigenvalue weighted by Crippen LogP contribution is -2.66. The molecule has 3 N–H and O–H groups in total.